The molecule has 0 fully saturated rings. The quantitative estimate of drug-likeness (QED) is 0.755. The summed E-state index contributed by atoms with van der Waals surface area (Å²) in [7, 11) is 1.56. The number of hydrogen-bond acceptors (Lipinski definition) is 4. The van der Waals surface area contributed by atoms with Crippen molar-refractivity contribution in [1.29, 1.82) is 0 Å². The van der Waals surface area contributed by atoms with Gasteiger partial charge in [-0.05, 0) is 48.7 Å². The Morgan fingerprint density at radius 1 is 1.12 bits per heavy atom. The molecule has 0 aliphatic heterocycles. The zero-order chi connectivity index (χ0) is 17.5. The first-order valence-electron chi connectivity index (χ1n) is 7.97. The number of ether oxygens (including phenoxy) is 2. The standard InChI is InChI=1S/C19H24N2O3/c1-13(2)10-11-24-15-6-4-14(5-7-15)19(22)21-18-12-16(23-3)8-9-17(18)20/h4-9,12-13H,10-11,20H2,1-3H3,(H,21,22). The first-order chi connectivity index (χ1) is 11.5. The average Bonchev–Trinajstić information content (AvgIpc) is 2.57. The lowest BCUT2D eigenvalue weighted by atomic mass is 10.1. The Labute approximate surface area is 142 Å². The third-order valence-corrected chi connectivity index (χ3v) is 3.59. The molecule has 2 aromatic rings. The molecule has 0 spiro atoms. The van der Waals surface area contributed by atoms with E-state index in [9.17, 15) is 4.79 Å². The molecule has 0 aromatic heterocycles. The molecule has 0 saturated heterocycles. The molecule has 5 heteroatoms. The minimum atomic E-state index is -0.233. The molecule has 0 bridgehead atoms. The van der Waals surface area contributed by atoms with Gasteiger partial charge in [0.2, 0.25) is 0 Å². The van der Waals surface area contributed by atoms with E-state index in [1.807, 2.05) is 0 Å². The number of nitrogen functional groups attached to an aromatic ring is 1. The van der Waals surface area contributed by atoms with Gasteiger partial charge in [0.05, 0.1) is 25.1 Å². The Balaban J connectivity index is 2.00. The van der Waals surface area contributed by atoms with Crippen LogP contribution in [-0.2, 0) is 0 Å². The Hall–Kier alpha value is -2.69. The van der Waals surface area contributed by atoms with Crippen LogP contribution in [0.3, 0.4) is 0 Å². The molecule has 1 amide bonds. The highest BCUT2D eigenvalue weighted by atomic mass is 16.5. The van der Waals surface area contributed by atoms with Gasteiger partial charge in [0.15, 0.2) is 0 Å². The predicted octanol–water partition coefficient (Wildman–Crippen LogP) is 3.95. The lowest BCUT2D eigenvalue weighted by Gasteiger charge is -2.11. The monoisotopic (exact) mass is 328 g/mol. The van der Waals surface area contributed by atoms with Gasteiger partial charge in [-0.25, -0.2) is 0 Å². The summed E-state index contributed by atoms with van der Waals surface area (Å²) in [5.74, 6) is 1.76. The van der Waals surface area contributed by atoms with Crippen molar-refractivity contribution in [2.75, 3.05) is 24.8 Å². The molecule has 0 aliphatic carbocycles. The second-order valence-corrected chi connectivity index (χ2v) is 5.96. The van der Waals surface area contributed by atoms with Crippen LogP contribution in [0.25, 0.3) is 0 Å². The summed E-state index contributed by atoms with van der Waals surface area (Å²) in [6, 6.07) is 12.2. The van der Waals surface area contributed by atoms with E-state index in [0.717, 1.165) is 12.2 Å². The second kappa shape index (κ2) is 8.24. The van der Waals surface area contributed by atoms with E-state index in [4.69, 9.17) is 15.2 Å². The van der Waals surface area contributed by atoms with Crippen LogP contribution in [0.4, 0.5) is 11.4 Å². The van der Waals surface area contributed by atoms with Crippen LogP contribution in [0.15, 0.2) is 42.5 Å². The van der Waals surface area contributed by atoms with Crippen molar-refractivity contribution >= 4 is 17.3 Å². The molecule has 0 saturated carbocycles. The first kappa shape index (κ1) is 17.7. The lowest BCUT2D eigenvalue weighted by Crippen LogP contribution is -2.13. The number of amides is 1. The first-order valence-corrected chi connectivity index (χ1v) is 7.97. The van der Waals surface area contributed by atoms with Crippen molar-refractivity contribution in [2.45, 2.75) is 20.3 Å². The molecule has 24 heavy (non-hydrogen) atoms. The van der Waals surface area contributed by atoms with E-state index in [2.05, 4.69) is 19.2 Å². The third kappa shape index (κ3) is 4.91. The van der Waals surface area contributed by atoms with E-state index in [-0.39, 0.29) is 5.91 Å². The van der Waals surface area contributed by atoms with Gasteiger partial charge in [-0.3, -0.25) is 4.79 Å². The Kier molecular flexibility index (Phi) is 6.07. The van der Waals surface area contributed by atoms with Gasteiger partial charge in [-0.15, -0.1) is 0 Å². The van der Waals surface area contributed by atoms with Crippen LogP contribution in [0.5, 0.6) is 11.5 Å². The SMILES string of the molecule is COc1ccc(N)c(NC(=O)c2ccc(OCCC(C)C)cc2)c1. The topological polar surface area (TPSA) is 73.6 Å². The predicted molar refractivity (Wildman–Crippen MR) is 96.8 cm³/mol. The maximum absolute atomic E-state index is 12.3. The fourth-order valence-corrected chi connectivity index (χ4v) is 2.08. The van der Waals surface area contributed by atoms with Gasteiger partial charge in [0.25, 0.3) is 5.91 Å². The van der Waals surface area contributed by atoms with Crippen molar-refractivity contribution < 1.29 is 14.3 Å². The number of carbonyl (C=O) groups excluding carboxylic acids is 1. The van der Waals surface area contributed by atoms with Crippen LogP contribution < -0.4 is 20.5 Å². The highest BCUT2D eigenvalue weighted by Gasteiger charge is 2.09. The fourth-order valence-electron chi connectivity index (χ4n) is 2.08. The second-order valence-electron chi connectivity index (χ2n) is 5.96. The van der Waals surface area contributed by atoms with Gasteiger partial charge >= 0.3 is 0 Å². The summed E-state index contributed by atoms with van der Waals surface area (Å²) in [4.78, 5) is 12.3. The van der Waals surface area contributed by atoms with Gasteiger partial charge in [-0.2, -0.15) is 0 Å². The molecule has 128 valence electrons. The average molecular weight is 328 g/mol. The summed E-state index contributed by atoms with van der Waals surface area (Å²) >= 11 is 0. The maximum atomic E-state index is 12.3. The van der Waals surface area contributed by atoms with Crippen LogP contribution in [0.1, 0.15) is 30.6 Å². The van der Waals surface area contributed by atoms with E-state index in [0.29, 0.717) is 35.2 Å². The van der Waals surface area contributed by atoms with Gasteiger partial charge in [0.1, 0.15) is 11.5 Å². The minimum Gasteiger partial charge on any atom is -0.497 e. The molecule has 0 unspecified atom stereocenters. The fraction of sp³-hybridized carbons (Fsp3) is 0.316. The number of rotatable bonds is 7. The largest absolute Gasteiger partial charge is 0.497 e. The van der Waals surface area contributed by atoms with Gasteiger partial charge in [0, 0.05) is 11.6 Å². The summed E-state index contributed by atoms with van der Waals surface area (Å²) in [5.41, 5.74) is 7.43. The van der Waals surface area contributed by atoms with Crippen LogP contribution in [0.2, 0.25) is 0 Å². The van der Waals surface area contributed by atoms with E-state index in [1.165, 1.54) is 0 Å². The summed E-state index contributed by atoms with van der Waals surface area (Å²) in [6.45, 7) is 4.98. The lowest BCUT2D eigenvalue weighted by molar-refractivity contribution is 0.102. The Bertz CT molecular complexity index is 682. The number of nitrogens with one attached hydrogen (secondary N) is 1. The van der Waals surface area contributed by atoms with Crippen LogP contribution in [0, 0.1) is 5.92 Å². The molecular weight excluding hydrogens is 304 g/mol. The van der Waals surface area contributed by atoms with Crippen LogP contribution >= 0.6 is 0 Å². The Morgan fingerprint density at radius 3 is 2.42 bits per heavy atom. The summed E-state index contributed by atoms with van der Waals surface area (Å²) in [5, 5.41) is 2.79. The highest BCUT2D eigenvalue weighted by molar-refractivity contribution is 6.05. The molecule has 3 N–H and O–H groups in total. The molecule has 0 radical (unpaired) electrons. The van der Waals surface area contributed by atoms with Crippen molar-refractivity contribution in [3.63, 3.8) is 0 Å². The number of nitrogens with two attached hydrogens (primary N) is 1. The van der Waals surface area contributed by atoms with Crippen molar-refractivity contribution in [3.05, 3.63) is 48.0 Å². The molecule has 0 aliphatic rings. The minimum absolute atomic E-state index is 0.233. The molecule has 0 atom stereocenters. The van der Waals surface area contributed by atoms with Gasteiger partial charge in [-0.1, -0.05) is 13.8 Å². The van der Waals surface area contributed by atoms with Crippen LogP contribution in [-0.4, -0.2) is 19.6 Å². The zero-order valence-corrected chi connectivity index (χ0v) is 14.3. The number of methoxy groups -OCH3 is 1. The normalized spacial score (nSPS) is 10.5. The maximum Gasteiger partial charge on any atom is 0.255 e. The zero-order valence-electron chi connectivity index (χ0n) is 14.3. The molecule has 2 aromatic carbocycles. The molecule has 5 nitrogen and oxygen atoms in total. The van der Waals surface area contributed by atoms with E-state index >= 15 is 0 Å². The van der Waals surface area contributed by atoms with Crippen molar-refractivity contribution in [2.24, 2.45) is 5.92 Å². The smallest absolute Gasteiger partial charge is 0.255 e. The van der Waals surface area contributed by atoms with Gasteiger partial charge < -0.3 is 20.5 Å². The van der Waals surface area contributed by atoms with Crippen molar-refractivity contribution in [1.82, 2.24) is 0 Å². The van der Waals surface area contributed by atoms with E-state index < -0.39 is 0 Å². The summed E-state index contributed by atoms with van der Waals surface area (Å²) < 4.78 is 10.8. The highest BCUT2D eigenvalue weighted by Crippen LogP contribution is 2.25. The van der Waals surface area contributed by atoms with E-state index in [1.54, 1.807) is 49.6 Å². The number of hydrogen-bond donors (Lipinski definition) is 2. The Morgan fingerprint density at radius 2 is 1.79 bits per heavy atom. The molecule has 0 heterocycles. The van der Waals surface area contributed by atoms with Crippen molar-refractivity contribution in [3.8, 4) is 11.5 Å². The summed E-state index contributed by atoms with van der Waals surface area (Å²) in [6.07, 6.45) is 0.997. The third-order valence-electron chi connectivity index (χ3n) is 3.59. The molecular formula is C19H24N2O3. The molecule has 2 rings (SSSR count). The number of carbonyl (C=O) groups is 1. The number of anilines is 2. The number of benzene rings is 2.